The third-order valence-corrected chi connectivity index (χ3v) is 8.33. The van der Waals surface area contributed by atoms with Crippen molar-refractivity contribution in [3.05, 3.63) is 28.2 Å². The average Bonchev–Trinajstić information content (AvgIpc) is 2.14. The molecule has 0 amide bonds. The molecule has 1 rings (SSSR count). The molecule has 0 N–H and O–H groups in total. The molecule has 18 heavy (non-hydrogen) atoms. The van der Waals surface area contributed by atoms with Crippen LogP contribution in [-0.4, -0.2) is 14.1 Å². The number of halogens is 1. The second-order valence-electron chi connectivity index (χ2n) is 6.06. The molecule has 0 aliphatic rings. The van der Waals surface area contributed by atoms with E-state index in [9.17, 15) is 4.79 Å². The fourth-order valence-corrected chi connectivity index (χ4v) is 2.66. The lowest BCUT2D eigenvalue weighted by Gasteiger charge is -2.37. The Labute approximate surface area is 119 Å². The predicted molar refractivity (Wildman–Crippen MR) is 82.0 cm³/mol. The van der Waals surface area contributed by atoms with Gasteiger partial charge in [0.15, 0.2) is 5.78 Å². The molecule has 0 saturated carbocycles. The highest BCUT2D eigenvalue weighted by molar-refractivity contribution is 9.10. The Morgan fingerprint density at radius 1 is 1.28 bits per heavy atom. The van der Waals surface area contributed by atoms with Gasteiger partial charge in [0.25, 0.3) is 8.32 Å². The number of rotatable bonds is 3. The fraction of sp³-hybridized carbons (Fsp3) is 0.500. The Balaban J connectivity index is 3.18. The molecule has 0 unspecified atom stereocenters. The van der Waals surface area contributed by atoms with Crippen LogP contribution >= 0.6 is 15.9 Å². The van der Waals surface area contributed by atoms with Crippen LogP contribution in [0.3, 0.4) is 0 Å². The summed E-state index contributed by atoms with van der Waals surface area (Å²) in [7, 11) is -1.92. The molecule has 0 atom stereocenters. The molecular weight excluding hydrogens is 308 g/mol. The van der Waals surface area contributed by atoms with Gasteiger partial charge >= 0.3 is 0 Å². The van der Waals surface area contributed by atoms with E-state index in [1.54, 1.807) is 6.92 Å². The monoisotopic (exact) mass is 328 g/mol. The van der Waals surface area contributed by atoms with Crippen molar-refractivity contribution in [1.82, 2.24) is 0 Å². The van der Waals surface area contributed by atoms with Gasteiger partial charge in [-0.15, -0.1) is 0 Å². The Hall–Kier alpha value is -0.613. The van der Waals surface area contributed by atoms with Crippen LogP contribution in [0, 0.1) is 0 Å². The van der Waals surface area contributed by atoms with E-state index in [2.05, 4.69) is 49.8 Å². The Kier molecular flexibility index (Phi) is 4.44. The van der Waals surface area contributed by atoms with Crippen LogP contribution in [0.25, 0.3) is 0 Å². The molecule has 4 heteroatoms. The zero-order valence-corrected chi connectivity index (χ0v) is 14.5. The second-order valence-corrected chi connectivity index (χ2v) is 11.7. The van der Waals surface area contributed by atoms with E-state index in [1.807, 2.05) is 18.2 Å². The lowest BCUT2D eigenvalue weighted by molar-refractivity contribution is 0.101. The van der Waals surface area contributed by atoms with E-state index in [0.29, 0.717) is 11.3 Å². The van der Waals surface area contributed by atoms with E-state index in [1.165, 1.54) is 0 Å². The van der Waals surface area contributed by atoms with Crippen molar-refractivity contribution in [3.8, 4) is 5.75 Å². The fourth-order valence-electron chi connectivity index (χ4n) is 1.30. The highest BCUT2D eigenvalue weighted by Gasteiger charge is 2.39. The lowest BCUT2D eigenvalue weighted by Crippen LogP contribution is -2.44. The maximum absolute atomic E-state index is 11.6. The molecule has 0 heterocycles. The molecule has 1 aromatic carbocycles. The van der Waals surface area contributed by atoms with Gasteiger partial charge in [-0.1, -0.05) is 36.7 Å². The van der Waals surface area contributed by atoms with E-state index >= 15 is 0 Å². The first-order valence-electron chi connectivity index (χ1n) is 6.04. The number of hydrogen-bond donors (Lipinski definition) is 0. The average molecular weight is 329 g/mol. The van der Waals surface area contributed by atoms with Crippen LogP contribution in [0.2, 0.25) is 18.1 Å². The van der Waals surface area contributed by atoms with Crippen molar-refractivity contribution >= 4 is 30.0 Å². The lowest BCUT2D eigenvalue weighted by atomic mass is 10.1. The minimum Gasteiger partial charge on any atom is -0.543 e. The van der Waals surface area contributed by atoms with Crippen molar-refractivity contribution in [3.63, 3.8) is 0 Å². The third kappa shape index (κ3) is 3.45. The summed E-state index contributed by atoms with van der Waals surface area (Å²) < 4.78 is 7.16. The van der Waals surface area contributed by atoms with E-state index in [-0.39, 0.29) is 10.8 Å². The van der Waals surface area contributed by atoms with Gasteiger partial charge in [-0.25, -0.2) is 0 Å². The quantitative estimate of drug-likeness (QED) is 0.574. The van der Waals surface area contributed by atoms with E-state index in [0.717, 1.165) is 4.47 Å². The zero-order valence-electron chi connectivity index (χ0n) is 11.9. The largest absolute Gasteiger partial charge is 0.543 e. The van der Waals surface area contributed by atoms with Crippen LogP contribution in [0.5, 0.6) is 5.75 Å². The van der Waals surface area contributed by atoms with Crippen molar-refractivity contribution < 1.29 is 9.22 Å². The summed E-state index contributed by atoms with van der Waals surface area (Å²) >= 11 is 3.43. The zero-order chi connectivity index (χ0) is 14.1. The van der Waals surface area contributed by atoms with Crippen LogP contribution in [-0.2, 0) is 0 Å². The molecule has 100 valence electrons. The van der Waals surface area contributed by atoms with Gasteiger partial charge in [-0.05, 0) is 43.3 Å². The number of Topliss-reactive ketones (excluding diaryl/α,β-unsaturated/α-hetero) is 1. The first-order chi connectivity index (χ1) is 8.04. The van der Waals surface area contributed by atoms with Crippen molar-refractivity contribution in [1.29, 1.82) is 0 Å². The molecule has 0 saturated heterocycles. The third-order valence-electron chi connectivity index (χ3n) is 3.49. The van der Waals surface area contributed by atoms with Crippen LogP contribution in [0.15, 0.2) is 22.7 Å². The van der Waals surface area contributed by atoms with E-state index in [4.69, 9.17) is 4.43 Å². The predicted octanol–water partition coefficient (Wildman–Crippen LogP) is 5.04. The molecule has 1 aromatic rings. The number of hydrogen-bond acceptors (Lipinski definition) is 2. The summed E-state index contributed by atoms with van der Waals surface area (Å²) in [5.41, 5.74) is 0.656. The van der Waals surface area contributed by atoms with Crippen LogP contribution in [0.1, 0.15) is 38.1 Å². The number of benzene rings is 1. The van der Waals surface area contributed by atoms with Gasteiger partial charge in [-0.2, -0.15) is 0 Å². The maximum Gasteiger partial charge on any atom is 0.250 e. The summed E-state index contributed by atoms with van der Waals surface area (Å²) in [6, 6.07) is 5.57. The highest BCUT2D eigenvalue weighted by atomic mass is 79.9. The van der Waals surface area contributed by atoms with Crippen molar-refractivity contribution in [2.75, 3.05) is 0 Å². The molecule has 0 aromatic heterocycles. The molecule has 0 aliphatic heterocycles. The van der Waals surface area contributed by atoms with Crippen LogP contribution in [0.4, 0.5) is 0 Å². The normalized spacial score (nSPS) is 12.4. The number of carbonyl (C=O) groups is 1. The summed E-state index contributed by atoms with van der Waals surface area (Å²) in [5.74, 6) is 0.736. The standard InChI is InChI=1S/C14H21BrO2Si/c1-10(16)12-8-7-11(15)9-13(12)17-18(5,6)14(2,3)4/h7-9H,1-6H3. The Morgan fingerprint density at radius 2 is 1.83 bits per heavy atom. The first-order valence-corrected chi connectivity index (χ1v) is 9.74. The van der Waals surface area contributed by atoms with Gasteiger partial charge in [-0.3, -0.25) is 4.79 Å². The second kappa shape index (κ2) is 5.17. The summed E-state index contributed by atoms with van der Waals surface area (Å²) in [4.78, 5) is 11.6. The van der Waals surface area contributed by atoms with Crippen molar-refractivity contribution in [2.45, 2.75) is 45.8 Å². The molecule has 2 nitrogen and oxygen atoms in total. The summed E-state index contributed by atoms with van der Waals surface area (Å²) in [5, 5.41) is 0.114. The van der Waals surface area contributed by atoms with Gasteiger partial charge in [0.2, 0.25) is 0 Å². The number of carbonyl (C=O) groups excluding carboxylic acids is 1. The molecule has 0 aliphatic carbocycles. The smallest absolute Gasteiger partial charge is 0.250 e. The van der Waals surface area contributed by atoms with Gasteiger partial charge < -0.3 is 4.43 Å². The molecule has 0 spiro atoms. The van der Waals surface area contributed by atoms with Crippen molar-refractivity contribution in [2.24, 2.45) is 0 Å². The summed E-state index contributed by atoms with van der Waals surface area (Å²) in [6.07, 6.45) is 0. The highest BCUT2D eigenvalue weighted by Crippen LogP contribution is 2.38. The molecular formula is C14H21BrO2Si. The SMILES string of the molecule is CC(=O)c1ccc(Br)cc1O[Si](C)(C)C(C)(C)C. The maximum atomic E-state index is 11.6. The first kappa shape index (κ1) is 15.4. The Morgan fingerprint density at radius 3 is 2.28 bits per heavy atom. The minimum atomic E-state index is -1.92. The molecule has 0 radical (unpaired) electrons. The summed E-state index contributed by atoms with van der Waals surface area (Å²) in [6.45, 7) is 12.5. The molecule has 0 bridgehead atoms. The van der Waals surface area contributed by atoms with Gasteiger partial charge in [0.05, 0.1) is 5.56 Å². The van der Waals surface area contributed by atoms with Crippen LogP contribution < -0.4 is 4.43 Å². The molecule has 0 fully saturated rings. The number of ketones is 1. The van der Waals surface area contributed by atoms with Gasteiger partial charge in [0.1, 0.15) is 5.75 Å². The topological polar surface area (TPSA) is 26.3 Å². The minimum absolute atomic E-state index is 0.0382. The van der Waals surface area contributed by atoms with E-state index < -0.39 is 8.32 Å². The van der Waals surface area contributed by atoms with Gasteiger partial charge in [0, 0.05) is 4.47 Å². The Bertz CT molecular complexity index is 461.